The molecule has 2 aliphatic rings. The number of piperidine rings is 1. The number of amides is 3. The van der Waals surface area contributed by atoms with Crippen molar-refractivity contribution in [1.29, 1.82) is 0 Å². The normalized spacial score (nSPS) is 18.2. The summed E-state index contributed by atoms with van der Waals surface area (Å²) in [5, 5.41) is 0. The van der Waals surface area contributed by atoms with E-state index < -0.39 is 5.54 Å². The second-order valence-corrected chi connectivity index (χ2v) is 8.97. The number of aromatic nitrogens is 2. The molecule has 0 N–H and O–H groups in total. The van der Waals surface area contributed by atoms with Crippen molar-refractivity contribution >= 4 is 11.9 Å². The van der Waals surface area contributed by atoms with Crippen molar-refractivity contribution in [3.63, 3.8) is 0 Å². The number of rotatable bonds is 6. The number of methoxy groups -OCH3 is 1. The molecule has 8 nitrogen and oxygen atoms in total. The van der Waals surface area contributed by atoms with Gasteiger partial charge < -0.3 is 14.2 Å². The van der Waals surface area contributed by atoms with Crippen molar-refractivity contribution < 1.29 is 14.3 Å². The van der Waals surface area contributed by atoms with Crippen LogP contribution in [0, 0.1) is 0 Å². The van der Waals surface area contributed by atoms with Crippen molar-refractivity contribution in [1.82, 2.24) is 24.3 Å². The molecule has 1 spiro atoms. The highest BCUT2D eigenvalue weighted by atomic mass is 16.5. The zero-order chi connectivity index (χ0) is 23.7. The number of nitrogens with zero attached hydrogens (tertiary/aromatic N) is 5. The van der Waals surface area contributed by atoms with E-state index in [0.717, 1.165) is 36.6 Å². The monoisotopic (exact) mass is 459 g/mol. The third-order valence-electron chi connectivity index (χ3n) is 7.13. The number of hydrogen-bond donors (Lipinski definition) is 0. The first-order valence-corrected chi connectivity index (χ1v) is 11.5. The van der Waals surface area contributed by atoms with Crippen LogP contribution in [0.4, 0.5) is 4.79 Å². The fourth-order valence-electron chi connectivity index (χ4n) is 5.05. The van der Waals surface area contributed by atoms with Crippen LogP contribution >= 0.6 is 0 Å². The van der Waals surface area contributed by atoms with E-state index in [9.17, 15) is 9.59 Å². The van der Waals surface area contributed by atoms with Crippen LogP contribution in [0.2, 0.25) is 0 Å². The highest BCUT2D eigenvalue weighted by Crippen LogP contribution is 2.37. The molecule has 0 bridgehead atoms. The highest BCUT2D eigenvalue weighted by molar-refractivity contribution is 6.06. The van der Waals surface area contributed by atoms with Gasteiger partial charge in [-0.15, -0.1) is 0 Å². The van der Waals surface area contributed by atoms with Crippen molar-refractivity contribution in [3.8, 4) is 11.4 Å². The van der Waals surface area contributed by atoms with Crippen LogP contribution in [-0.4, -0.2) is 69.0 Å². The number of urea groups is 1. The van der Waals surface area contributed by atoms with E-state index in [2.05, 4.69) is 20.5 Å². The quantitative estimate of drug-likeness (QED) is 0.529. The Kier molecular flexibility index (Phi) is 5.83. The average molecular weight is 460 g/mol. The number of ether oxygens (including phenoxy) is 1. The van der Waals surface area contributed by atoms with Crippen LogP contribution in [-0.2, 0) is 17.9 Å². The molecule has 0 unspecified atom stereocenters. The number of benzene rings is 1. The number of likely N-dealkylation sites (tertiary alicyclic amines) is 1. The summed E-state index contributed by atoms with van der Waals surface area (Å²) in [6.45, 7) is 2.55. The lowest BCUT2D eigenvalue weighted by molar-refractivity contribution is -0.135. The Hall–Kier alpha value is -3.65. The molecule has 2 fully saturated rings. The second kappa shape index (κ2) is 8.95. The van der Waals surface area contributed by atoms with Crippen molar-refractivity contribution in [3.05, 3.63) is 78.4 Å². The average Bonchev–Trinajstić information content (AvgIpc) is 3.41. The van der Waals surface area contributed by atoms with Gasteiger partial charge in [0.05, 0.1) is 25.5 Å². The number of pyridine rings is 1. The third-order valence-corrected chi connectivity index (χ3v) is 7.13. The van der Waals surface area contributed by atoms with Gasteiger partial charge in [0.1, 0.15) is 11.3 Å². The Labute approximate surface area is 199 Å². The van der Waals surface area contributed by atoms with Gasteiger partial charge in [0.15, 0.2) is 0 Å². The summed E-state index contributed by atoms with van der Waals surface area (Å²) in [7, 11) is 3.38. The number of carbonyl (C=O) groups is 2. The predicted molar refractivity (Wildman–Crippen MR) is 128 cm³/mol. The Bertz CT molecular complexity index is 1170. The summed E-state index contributed by atoms with van der Waals surface area (Å²) in [5.74, 6) is 0.660. The summed E-state index contributed by atoms with van der Waals surface area (Å²) in [6, 6.07) is 15.4. The van der Waals surface area contributed by atoms with Crippen LogP contribution in [0.3, 0.4) is 0 Å². The van der Waals surface area contributed by atoms with Gasteiger partial charge in [0, 0.05) is 44.8 Å². The summed E-state index contributed by atoms with van der Waals surface area (Å²) < 4.78 is 7.35. The van der Waals surface area contributed by atoms with Gasteiger partial charge in [-0.05, 0) is 54.8 Å². The topological polar surface area (TPSA) is 70.9 Å². The van der Waals surface area contributed by atoms with E-state index in [1.807, 2.05) is 54.9 Å². The Balaban J connectivity index is 1.26. The van der Waals surface area contributed by atoms with Crippen molar-refractivity contribution in [2.24, 2.45) is 0 Å². The molecule has 8 heteroatoms. The lowest BCUT2D eigenvalue weighted by Gasteiger charge is -2.40. The molecule has 3 amide bonds. The van der Waals surface area contributed by atoms with E-state index in [1.54, 1.807) is 25.3 Å². The lowest BCUT2D eigenvalue weighted by Crippen LogP contribution is -2.55. The van der Waals surface area contributed by atoms with Gasteiger partial charge in [0.2, 0.25) is 0 Å². The molecule has 176 valence electrons. The predicted octanol–water partition coefficient (Wildman–Crippen LogP) is 3.31. The van der Waals surface area contributed by atoms with Crippen LogP contribution < -0.4 is 4.74 Å². The molecule has 2 aromatic heterocycles. The summed E-state index contributed by atoms with van der Waals surface area (Å²) in [6.07, 6.45) is 6.91. The van der Waals surface area contributed by atoms with Crippen LogP contribution in [0.5, 0.6) is 5.75 Å². The molecule has 0 aliphatic carbocycles. The lowest BCUT2D eigenvalue weighted by atomic mass is 9.86. The first-order chi connectivity index (χ1) is 16.5. The maximum Gasteiger partial charge on any atom is 0.327 e. The maximum absolute atomic E-state index is 13.5. The minimum Gasteiger partial charge on any atom is -0.497 e. The molecule has 2 aliphatic heterocycles. The fourth-order valence-corrected chi connectivity index (χ4v) is 5.05. The number of hydrogen-bond acceptors (Lipinski definition) is 5. The van der Waals surface area contributed by atoms with Crippen LogP contribution in [0.15, 0.2) is 67.1 Å². The SMILES string of the molecule is COc1ccc(CN2C(=O)N(C)C3(CCN(Cc4cccn4-c4cccnc4)CC3)C2=O)cc1. The largest absolute Gasteiger partial charge is 0.497 e. The number of carbonyl (C=O) groups excluding carboxylic acids is 2. The molecule has 5 rings (SSSR count). The van der Waals surface area contributed by atoms with E-state index >= 15 is 0 Å². The van der Waals surface area contributed by atoms with Gasteiger partial charge in [0.25, 0.3) is 5.91 Å². The van der Waals surface area contributed by atoms with Gasteiger partial charge in [-0.1, -0.05) is 12.1 Å². The van der Waals surface area contributed by atoms with Crippen LogP contribution in [0.1, 0.15) is 24.1 Å². The molecule has 0 atom stereocenters. The number of imide groups is 1. The van der Waals surface area contributed by atoms with Crippen LogP contribution in [0.25, 0.3) is 5.69 Å². The second-order valence-electron chi connectivity index (χ2n) is 8.97. The molecule has 0 saturated carbocycles. The zero-order valence-electron chi connectivity index (χ0n) is 19.6. The molecule has 1 aromatic carbocycles. The zero-order valence-corrected chi connectivity index (χ0v) is 19.6. The molecular formula is C26H29N5O3. The fraction of sp³-hybridized carbons (Fsp3) is 0.346. The van der Waals surface area contributed by atoms with E-state index in [-0.39, 0.29) is 18.5 Å². The van der Waals surface area contributed by atoms with Crippen molar-refractivity contribution in [2.45, 2.75) is 31.5 Å². The van der Waals surface area contributed by atoms with Gasteiger partial charge >= 0.3 is 6.03 Å². The van der Waals surface area contributed by atoms with E-state index in [1.165, 1.54) is 10.6 Å². The molecule has 0 radical (unpaired) electrons. The van der Waals surface area contributed by atoms with Crippen molar-refractivity contribution in [2.75, 3.05) is 27.2 Å². The van der Waals surface area contributed by atoms with Gasteiger partial charge in [-0.3, -0.25) is 19.6 Å². The molecule has 2 saturated heterocycles. The summed E-state index contributed by atoms with van der Waals surface area (Å²) in [4.78, 5) is 36.2. The summed E-state index contributed by atoms with van der Waals surface area (Å²) >= 11 is 0. The van der Waals surface area contributed by atoms with Gasteiger partial charge in [-0.2, -0.15) is 0 Å². The molecule has 4 heterocycles. The maximum atomic E-state index is 13.5. The Morgan fingerprint density at radius 3 is 2.44 bits per heavy atom. The molecular weight excluding hydrogens is 430 g/mol. The summed E-state index contributed by atoms with van der Waals surface area (Å²) in [5.41, 5.74) is 2.35. The smallest absolute Gasteiger partial charge is 0.327 e. The minimum atomic E-state index is -0.759. The molecule has 3 aromatic rings. The first kappa shape index (κ1) is 22.2. The third kappa shape index (κ3) is 3.84. The van der Waals surface area contributed by atoms with Gasteiger partial charge in [-0.25, -0.2) is 4.79 Å². The molecule has 34 heavy (non-hydrogen) atoms. The standard InChI is InChI=1S/C26H29N5O3/c1-28-25(33)31(18-20-7-9-23(34-2)10-8-20)24(32)26(28)11-15-29(16-12-26)19-22-6-4-14-30(22)21-5-3-13-27-17-21/h3-10,13-14,17H,11-12,15-16,18-19H2,1-2H3. The van der Waals surface area contributed by atoms with E-state index in [0.29, 0.717) is 12.8 Å². The highest BCUT2D eigenvalue weighted by Gasteiger charge is 2.56. The first-order valence-electron chi connectivity index (χ1n) is 11.5. The Morgan fingerprint density at radius 2 is 1.76 bits per heavy atom. The Morgan fingerprint density at radius 1 is 1.00 bits per heavy atom. The minimum absolute atomic E-state index is 0.0887. The number of likely N-dealkylation sites (N-methyl/N-ethyl adjacent to an activating group) is 1. The van der Waals surface area contributed by atoms with E-state index in [4.69, 9.17) is 4.74 Å².